The van der Waals surface area contributed by atoms with Crippen LogP contribution in [0.1, 0.15) is 30.4 Å². The Hall–Kier alpha value is -2.13. The van der Waals surface area contributed by atoms with Crippen LogP contribution in [0.25, 0.3) is 0 Å². The zero-order chi connectivity index (χ0) is 14.2. The maximum absolute atomic E-state index is 11.0. The van der Waals surface area contributed by atoms with Gasteiger partial charge in [0.05, 0.1) is 0 Å². The molecule has 0 heterocycles. The van der Waals surface area contributed by atoms with Gasteiger partial charge < -0.3 is 11.1 Å². The predicted molar refractivity (Wildman–Crippen MR) is 80.4 cm³/mol. The zero-order valence-corrected chi connectivity index (χ0v) is 11.5. The molecule has 2 aromatic carbocycles. The highest BCUT2D eigenvalue weighted by Crippen LogP contribution is 2.56. The van der Waals surface area contributed by atoms with Gasteiger partial charge in [-0.05, 0) is 29.7 Å². The molecule has 3 nitrogen and oxygen atoms in total. The Morgan fingerprint density at radius 1 is 1.15 bits per heavy atom. The maximum Gasteiger partial charge on any atom is 0.221 e. The lowest BCUT2D eigenvalue weighted by molar-refractivity contribution is -0.114. The molecule has 0 spiro atoms. The fraction of sp³-hybridized carbons (Fsp3) is 0.235. The molecule has 20 heavy (non-hydrogen) atoms. The minimum atomic E-state index is -0.268. The van der Waals surface area contributed by atoms with Gasteiger partial charge in [0, 0.05) is 24.1 Å². The lowest BCUT2D eigenvalue weighted by atomic mass is 9.99. The van der Waals surface area contributed by atoms with E-state index >= 15 is 0 Å². The number of benzene rings is 2. The summed E-state index contributed by atoms with van der Waals surface area (Å²) in [6, 6.07) is 18.2. The molecule has 0 radical (unpaired) electrons. The van der Waals surface area contributed by atoms with Crippen molar-refractivity contribution < 1.29 is 4.79 Å². The number of hydrogen-bond donors (Lipinski definition) is 2. The molecule has 0 bridgehead atoms. The Morgan fingerprint density at radius 2 is 1.80 bits per heavy atom. The van der Waals surface area contributed by atoms with Gasteiger partial charge in [-0.15, -0.1) is 0 Å². The Labute approximate surface area is 118 Å². The molecule has 3 rings (SSSR count). The van der Waals surface area contributed by atoms with Crippen molar-refractivity contribution in [2.75, 3.05) is 5.32 Å². The van der Waals surface area contributed by atoms with E-state index < -0.39 is 0 Å². The molecule has 102 valence electrons. The van der Waals surface area contributed by atoms with Gasteiger partial charge in [0.1, 0.15) is 0 Å². The van der Waals surface area contributed by atoms with E-state index in [1.165, 1.54) is 12.5 Å². The van der Waals surface area contributed by atoms with Gasteiger partial charge in [-0.3, -0.25) is 4.79 Å². The van der Waals surface area contributed by atoms with Crippen LogP contribution in [0.2, 0.25) is 0 Å². The van der Waals surface area contributed by atoms with Crippen LogP contribution in [0.15, 0.2) is 54.6 Å². The highest BCUT2D eigenvalue weighted by Gasteiger charge is 2.52. The van der Waals surface area contributed by atoms with Gasteiger partial charge in [-0.2, -0.15) is 0 Å². The van der Waals surface area contributed by atoms with Gasteiger partial charge in [0.15, 0.2) is 0 Å². The maximum atomic E-state index is 11.0. The van der Waals surface area contributed by atoms with Crippen LogP contribution in [0.3, 0.4) is 0 Å². The second kappa shape index (κ2) is 4.76. The third-order valence-electron chi connectivity index (χ3n) is 3.95. The summed E-state index contributed by atoms with van der Waals surface area (Å²) in [5.41, 5.74) is 9.47. The third-order valence-corrected chi connectivity index (χ3v) is 3.95. The second-order valence-electron chi connectivity index (χ2n) is 5.47. The molecule has 0 unspecified atom stereocenters. The van der Waals surface area contributed by atoms with Crippen molar-refractivity contribution in [3.63, 3.8) is 0 Å². The summed E-state index contributed by atoms with van der Waals surface area (Å²) < 4.78 is 0. The summed E-state index contributed by atoms with van der Waals surface area (Å²) in [4.78, 5) is 11.0. The standard InChI is InChI=1S/C17H18N2O/c1-12(20)19-15-9-7-14(8-10-15)17(18)11-16(17)13-5-3-2-4-6-13/h2-10,16H,11,18H2,1H3,(H,19,20)/t16-,17+/m0/s1. The van der Waals surface area contributed by atoms with Crippen molar-refractivity contribution in [3.8, 4) is 0 Å². The molecular weight excluding hydrogens is 248 g/mol. The van der Waals surface area contributed by atoms with Crippen LogP contribution in [-0.4, -0.2) is 5.91 Å². The molecule has 1 fully saturated rings. The average molecular weight is 266 g/mol. The molecule has 1 amide bonds. The minimum Gasteiger partial charge on any atom is -0.326 e. The molecule has 0 aliphatic heterocycles. The number of nitrogens with one attached hydrogen (secondary N) is 1. The van der Waals surface area contributed by atoms with Gasteiger partial charge in [-0.1, -0.05) is 42.5 Å². The van der Waals surface area contributed by atoms with Gasteiger partial charge in [0.2, 0.25) is 5.91 Å². The number of rotatable bonds is 3. The molecule has 2 aromatic rings. The summed E-state index contributed by atoms with van der Waals surface area (Å²) in [5, 5.41) is 2.77. The Kier molecular flexibility index (Phi) is 3.07. The van der Waals surface area contributed by atoms with Crippen LogP contribution in [0, 0.1) is 0 Å². The number of nitrogens with two attached hydrogens (primary N) is 1. The summed E-state index contributed by atoms with van der Waals surface area (Å²) in [7, 11) is 0. The van der Waals surface area contributed by atoms with Gasteiger partial charge in [-0.25, -0.2) is 0 Å². The quantitative estimate of drug-likeness (QED) is 0.897. The number of carbonyl (C=O) groups is 1. The Morgan fingerprint density at radius 3 is 2.40 bits per heavy atom. The first kappa shape index (κ1) is 12.9. The van der Waals surface area contributed by atoms with Gasteiger partial charge in [0.25, 0.3) is 0 Å². The van der Waals surface area contributed by atoms with Crippen molar-refractivity contribution in [3.05, 3.63) is 65.7 Å². The molecular formula is C17H18N2O. The van der Waals surface area contributed by atoms with Crippen molar-refractivity contribution in [1.29, 1.82) is 0 Å². The van der Waals surface area contributed by atoms with E-state index in [2.05, 4.69) is 17.4 Å². The van der Waals surface area contributed by atoms with E-state index in [1.54, 1.807) is 0 Å². The molecule has 0 aromatic heterocycles. The highest BCUT2D eigenvalue weighted by atomic mass is 16.1. The fourth-order valence-electron chi connectivity index (χ4n) is 2.77. The molecule has 0 saturated heterocycles. The first-order chi connectivity index (χ1) is 9.59. The summed E-state index contributed by atoms with van der Waals surface area (Å²) in [6.45, 7) is 1.50. The number of anilines is 1. The Bertz CT molecular complexity index is 621. The van der Waals surface area contributed by atoms with Crippen LogP contribution in [-0.2, 0) is 10.3 Å². The first-order valence-electron chi connectivity index (χ1n) is 6.81. The van der Waals surface area contributed by atoms with Crippen molar-refractivity contribution in [2.24, 2.45) is 5.73 Å². The normalized spacial score (nSPS) is 24.2. The zero-order valence-electron chi connectivity index (χ0n) is 11.5. The van der Waals surface area contributed by atoms with E-state index in [0.29, 0.717) is 5.92 Å². The fourth-order valence-corrected chi connectivity index (χ4v) is 2.77. The topological polar surface area (TPSA) is 55.1 Å². The molecule has 1 aliphatic rings. The minimum absolute atomic E-state index is 0.0613. The molecule has 3 N–H and O–H groups in total. The summed E-state index contributed by atoms with van der Waals surface area (Å²) in [6.07, 6.45) is 0.969. The lowest BCUT2D eigenvalue weighted by Gasteiger charge is -2.13. The smallest absolute Gasteiger partial charge is 0.221 e. The number of amides is 1. The van der Waals surface area contributed by atoms with E-state index in [9.17, 15) is 4.79 Å². The van der Waals surface area contributed by atoms with Crippen molar-refractivity contribution >= 4 is 11.6 Å². The summed E-state index contributed by atoms with van der Waals surface area (Å²) >= 11 is 0. The monoisotopic (exact) mass is 266 g/mol. The van der Waals surface area contributed by atoms with Crippen molar-refractivity contribution in [2.45, 2.75) is 24.8 Å². The highest BCUT2D eigenvalue weighted by molar-refractivity contribution is 5.88. The molecule has 3 heteroatoms. The van der Waals surface area contributed by atoms with Crippen LogP contribution >= 0.6 is 0 Å². The van der Waals surface area contributed by atoms with Crippen LogP contribution in [0.5, 0.6) is 0 Å². The largest absolute Gasteiger partial charge is 0.326 e. The first-order valence-corrected chi connectivity index (χ1v) is 6.81. The molecule has 1 aliphatic carbocycles. The van der Waals surface area contributed by atoms with E-state index in [1.807, 2.05) is 42.5 Å². The molecule has 2 atom stereocenters. The average Bonchev–Trinajstić information content (AvgIpc) is 3.13. The second-order valence-corrected chi connectivity index (χ2v) is 5.47. The predicted octanol–water partition coefficient (Wildman–Crippen LogP) is 2.99. The van der Waals surface area contributed by atoms with Gasteiger partial charge >= 0.3 is 0 Å². The van der Waals surface area contributed by atoms with E-state index in [-0.39, 0.29) is 11.4 Å². The Balaban J connectivity index is 1.79. The van der Waals surface area contributed by atoms with Crippen LogP contribution in [0.4, 0.5) is 5.69 Å². The SMILES string of the molecule is CC(=O)Nc1ccc([C@]2(N)C[C@H]2c2ccccc2)cc1. The number of carbonyl (C=O) groups excluding carboxylic acids is 1. The third kappa shape index (κ3) is 2.32. The van der Waals surface area contributed by atoms with Crippen molar-refractivity contribution in [1.82, 2.24) is 0 Å². The lowest BCUT2D eigenvalue weighted by Crippen LogP contribution is -2.21. The van der Waals surface area contributed by atoms with Crippen LogP contribution < -0.4 is 11.1 Å². The van der Waals surface area contributed by atoms with E-state index in [0.717, 1.165) is 17.7 Å². The summed E-state index contributed by atoms with van der Waals surface area (Å²) in [5.74, 6) is 0.323. The number of hydrogen-bond acceptors (Lipinski definition) is 2. The van der Waals surface area contributed by atoms with E-state index in [4.69, 9.17) is 5.73 Å². The molecule has 1 saturated carbocycles.